The zero-order chi connectivity index (χ0) is 5.98. The molecule has 8 heavy (non-hydrogen) atoms. The fraction of sp³-hybridized carbons (Fsp3) is 0.400. The minimum Gasteiger partial charge on any atom is -0.387 e. The molecular weight excluding hydrogens is 104 g/mol. The van der Waals surface area contributed by atoms with E-state index in [4.69, 9.17) is 5.11 Å². The molecule has 2 N–H and O–H groups in total. The van der Waals surface area contributed by atoms with Gasteiger partial charge in [-0.2, -0.15) is 5.10 Å². The average Bonchev–Trinajstić information content (AvgIpc) is 2.12. The second-order valence-electron chi connectivity index (χ2n) is 1.69. The maximum Gasteiger partial charge on any atom is 0.0926 e. The van der Waals surface area contributed by atoms with Crippen LogP contribution in [-0.2, 0) is 0 Å². The van der Waals surface area contributed by atoms with Gasteiger partial charge in [0.2, 0.25) is 0 Å². The second-order valence-corrected chi connectivity index (χ2v) is 1.69. The Balaban J connectivity index is 2.77. The van der Waals surface area contributed by atoms with Gasteiger partial charge in [-0.25, -0.2) is 0 Å². The van der Waals surface area contributed by atoms with Crippen LogP contribution in [0.15, 0.2) is 12.3 Å². The van der Waals surface area contributed by atoms with E-state index in [9.17, 15) is 0 Å². The number of nitrogens with one attached hydrogen (secondary N) is 1. The van der Waals surface area contributed by atoms with Gasteiger partial charge in [-0.1, -0.05) is 0 Å². The molecule has 1 heterocycles. The van der Waals surface area contributed by atoms with Crippen LogP contribution in [-0.4, -0.2) is 15.3 Å². The lowest BCUT2D eigenvalue weighted by Gasteiger charge is -1.95. The van der Waals surface area contributed by atoms with Crippen LogP contribution in [0.2, 0.25) is 0 Å². The summed E-state index contributed by atoms with van der Waals surface area (Å²) in [4.78, 5) is 0. The maximum absolute atomic E-state index is 8.84. The molecule has 3 nitrogen and oxygen atoms in total. The molecular formula is C5H8N2O. The zero-order valence-corrected chi connectivity index (χ0v) is 4.63. The Kier molecular flexibility index (Phi) is 1.30. The quantitative estimate of drug-likeness (QED) is 0.554. The molecule has 1 aromatic heterocycles. The second kappa shape index (κ2) is 1.96. The van der Waals surface area contributed by atoms with E-state index in [1.807, 2.05) is 0 Å². The molecule has 0 aromatic carbocycles. The van der Waals surface area contributed by atoms with Crippen LogP contribution >= 0.6 is 0 Å². The lowest BCUT2D eigenvalue weighted by molar-refractivity contribution is 0.194. The highest BCUT2D eigenvalue weighted by molar-refractivity contribution is 4.99. The Morgan fingerprint density at radius 3 is 2.88 bits per heavy atom. The Morgan fingerprint density at radius 2 is 2.62 bits per heavy atom. The molecule has 1 atom stereocenters. The largest absolute Gasteiger partial charge is 0.387 e. The number of rotatable bonds is 1. The first-order chi connectivity index (χ1) is 3.80. The van der Waals surface area contributed by atoms with E-state index in [1.165, 1.54) is 0 Å². The number of H-pyrrole nitrogens is 1. The summed E-state index contributed by atoms with van der Waals surface area (Å²) in [7, 11) is 0. The highest BCUT2D eigenvalue weighted by Gasteiger charge is 1.97. The van der Waals surface area contributed by atoms with E-state index in [1.54, 1.807) is 19.2 Å². The van der Waals surface area contributed by atoms with Gasteiger partial charge >= 0.3 is 0 Å². The summed E-state index contributed by atoms with van der Waals surface area (Å²) in [5.41, 5.74) is 0.755. The van der Waals surface area contributed by atoms with Crippen molar-refractivity contribution < 1.29 is 5.11 Å². The van der Waals surface area contributed by atoms with Crippen LogP contribution in [0.3, 0.4) is 0 Å². The fourth-order valence-electron chi connectivity index (χ4n) is 0.499. The molecule has 0 aliphatic heterocycles. The molecule has 1 unspecified atom stereocenters. The summed E-state index contributed by atoms with van der Waals surface area (Å²) in [5, 5.41) is 15.1. The number of nitrogens with zero attached hydrogens (tertiary/aromatic N) is 1. The van der Waals surface area contributed by atoms with Crippen LogP contribution in [0.5, 0.6) is 0 Å². The van der Waals surface area contributed by atoms with Crippen molar-refractivity contribution in [1.29, 1.82) is 0 Å². The van der Waals surface area contributed by atoms with Gasteiger partial charge in [0.1, 0.15) is 0 Å². The Labute approximate surface area is 47.4 Å². The van der Waals surface area contributed by atoms with E-state index in [-0.39, 0.29) is 0 Å². The zero-order valence-electron chi connectivity index (χ0n) is 4.63. The lowest BCUT2D eigenvalue weighted by atomic mass is 10.3. The topological polar surface area (TPSA) is 48.9 Å². The van der Waals surface area contributed by atoms with Crippen molar-refractivity contribution in [2.75, 3.05) is 0 Å². The third kappa shape index (κ3) is 0.869. The smallest absolute Gasteiger partial charge is 0.0926 e. The first-order valence-electron chi connectivity index (χ1n) is 2.48. The van der Waals surface area contributed by atoms with Crippen molar-refractivity contribution >= 4 is 0 Å². The van der Waals surface area contributed by atoms with Gasteiger partial charge in [-0.3, -0.25) is 5.10 Å². The molecule has 0 bridgehead atoms. The van der Waals surface area contributed by atoms with Crippen molar-refractivity contribution in [2.45, 2.75) is 13.0 Å². The minimum atomic E-state index is -0.433. The van der Waals surface area contributed by atoms with Gasteiger partial charge in [0.15, 0.2) is 0 Å². The predicted molar refractivity (Wildman–Crippen MR) is 29.2 cm³/mol. The van der Waals surface area contributed by atoms with Crippen LogP contribution in [0.25, 0.3) is 0 Å². The Morgan fingerprint density at radius 1 is 1.88 bits per heavy atom. The molecule has 0 spiro atoms. The van der Waals surface area contributed by atoms with E-state index >= 15 is 0 Å². The van der Waals surface area contributed by atoms with Gasteiger partial charge in [-0.05, 0) is 13.0 Å². The molecule has 0 radical (unpaired) electrons. The first-order valence-corrected chi connectivity index (χ1v) is 2.48. The molecule has 0 saturated carbocycles. The van der Waals surface area contributed by atoms with Crippen LogP contribution in [0, 0.1) is 0 Å². The Bertz CT molecular complexity index is 145. The van der Waals surface area contributed by atoms with Gasteiger partial charge < -0.3 is 5.11 Å². The number of aliphatic hydroxyl groups excluding tert-OH is 1. The Hall–Kier alpha value is -0.830. The van der Waals surface area contributed by atoms with Crippen molar-refractivity contribution in [3.63, 3.8) is 0 Å². The highest BCUT2D eigenvalue weighted by Crippen LogP contribution is 2.04. The number of aromatic nitrogens is 2. The number of aliphatic hydroxyl groups is 1. The monoisotopic (exact) mass is 112 g/mol. The number of aromatic amines is 1. The predicted octanol–water partition coefficient (Wildman–Crippen LogP) is 0.463. The first kappa shape index (κ1) is 5.31. The van der Waals surface area contributed by atoms with E-state index in [0.29, 0.717) is 0 Å². The van der Waals surface area contributed by atoms with Crippen molar-refractivity contribution in [3.8, 4) is 0 Å². The van der Waals surface area contributed by atoms with Gasteiger partial charge in [0, 0.05) is 6.20 Å². The van der Waals surface area contributed by atoms with Crippen molar-refractivity contribution in [1.82, 2.24) is 10.2 Å². The van der Waals surface area contributed by atoms with Crippen LogP contribution < -0.4 is 0 Å². The molecule has 0 amide bonds. The third-order valence-corrected chi connectivity index (χ3v) is 0.972. The van der Waals surface area contributed by atoms with Gasteiger partial charge in [-0.15, -0.1) is 0 Å². The summed E-state index contributed by atoms with van der Waals surface area (Å²) in [5.74, 6) is 0. The summed E-state index contributed by atoms with van der Waals surface area (Å²) in [6.07, 6.45) is 1.18. The van der Waals surface area contributed by atoms with Gasteiger partial charge in [0.25, 0.3) is 0 Å². The number of hydrogen-bond acceptors (Lipinski definition) is 2. The van der Waals surface area contributed by atoms with Crippen LogP contribution in [0.1, 0.15) is 18.7 Å². The van der Waals surface area contributed by atoms with E-state index in [0.717, 1.165) is 5.69 Å². The van der Waals surface area contributed by atoms with Crippen LogP contribution in [0.4, 0.5) is 0 Å². The third-order valence-electron chi connectivity index (χ3n) is 0.972. The summed E-state index contributed by atoms with van der Waals surface area (Å²) < 4.78 is 0. The van der Waals surface area contributed by atoms with E-state index < -0.39 is 6.10 Å². The average molecular weight is 112 g/mol. The molecule has 0 fully saturated rings. The van der Waals surface area contributed by atoms with Crippen molar-refractivity contribution in [3.05, 3.63) is 18.0 Å². The number of hydrogen-bond donors (Lipinski definition) is 2. The molecule has 1 rings (SSSR count). The normalized spacial score (nSPS) is 13.8. The molecule has 1 aromatic rings. The fourth-order valence-corrected chi connectivity index (χ4v) is 0.499. The minimum absolute atomic E-state index is 0.433. The molecule has 0 aliphatic rings. The summed E-state index contributed by atoms with van der Waals surface area (Å²) in [6, 6.07) is 1.74. The van der Waals surface area contributed by atoms with Crippen molar-refractivity contribution in [2.24, 2.45) is 0 Å². The standard InChI is InChI=1S/C5H8N2O/c1-4(8)5-2-3-6-7-5/h2-4,8H,1H3,(H,6,7). The summed E-state index contributed by atoms with van der Waals surface area (Å²) in [6.45, 7) is 1.69. The molecule has 0 aliphatic carbocycles. The molecule has 44 valence electrons. The lowest BCUT2D eigenvalue weighted by Crippen LogP contribution is -1.89. The van der Waals surface area contributed by atoms with Gasteiger partial charge in [0.05, 0.1) is 11.8 Å². The maximum atomic E-state index is 8.84. The SMILES string of the molecule is CC(O)c1ccn[nH]1. The molecule has 0 saturated heterocycles. The summed E-state index contributed by atoms with van der Waals surface area (Å²) >= 11 is 0. The highest BCUT2D eigenvalue weighted by atomic mass is 16.3. The molecule has 3 heteroatoms. The van der Waals surface area contributed by atoms with E-state index in [2.05, 4.69) is 10.2 Å².